The Morgan fingerprint density at radius 3 is 2.65 bits per heavy atom. The molecule has 0 bridgehead atoms. The third kappa shape index (κ3) is 4.74. The first kappa shape index (κ1) is 21.4. The summed E-state index contributed by atoms with van der Waals surface area (Å²) in [5, 5.41) is 3.99. The van der Waals surface area contributed by atoms with Crippen molar-refractivity contribution in [2.45, 2.75) is 5.16 Å². The molecule has 9 heteroatoms. The highest BCUT2D eigenvalue weighted by Crippen LogP contribution is 2.25. The zero-order chi connectivity index (χ0) is 22.0. The van der Waals surface area contributed by atoms with E-state index in [0.717, 1.165) is 17.8 Å². The number of hydrogen-bond acceptors (Lipinski definition) is 4. The minimum atomic E-state index is -0.497. The lowest BCUT2D eigenvalue weighted by Gasteiger charge is -2.13. The molecule has 1 amide bonds. The van der Waals surface area contributed by atoms with E-state index >= 15 is 0 Å². The fraction of sp³-hybridized carbons (Fsp3) is 0.0455. The van der Waals surface area contributed by atoms with Gasteiger partial charge in [0.25, 0.3) is 5.56 Å². The van der Waals surface area contributed by atoms with Gasteiger partial charge in [-0.15, -0.1) is 0 Å². The zero-order valence-electron chi connectivity index (χ0n) is 15.8. The van der Waals surface area contributed by atoms with Gasteiger partial charge in [0.1, 0.15) is 5.82 Å². The molecule has 0 aliphatic carbocycles. The van der Waals surface area contributed by atoms with Crippen molar-refractivity contribution in [2.24, 2.45) is 0 Å². The molecule has 0 unspecified atom stereocenters. The molecule has 31 heavy (non-hydrogen) atoms. The summed E-state index contributed by atoms with van der Waals surface area (Å²) in [5.74, 6) is -0.916. The SMILES string of the molecule is O=C(CSc1nc2ccccc2c(=O)n1-c1cccc(Cl)c1)Nc1ccc(F)cc1Cl. The molecule has 0 aliphatic rings. The number of thioether (sulfide) groups is 1. The highest BCUT2D eigenvalue weighted by molar-refractivity contribution is 7.99. The van der Waals surface area contributed by atoms with Crippen molar-refractivity contribution in [3.05, 3.63) is 92.9 Å². The number of carbonyl (C=O) groups is 1. The summed E-state index contributed by atoms with van der Waals surface area (Å²) in [4.78, 5) is 30.2. The number of carbonyl (C=O) groups excluding carboxylic acids is 1. The van der Waals surface area contributed by atoms with Gasteiger partial charge in [-0.05, 0) is 48.5 Å². The molecule has 1 N–H and O–H groups in total. The van der Waals surface area contributed by atoms with Gasteiger partial charge in [-0.25, -0.2) is 9.37 Å². The zero-order valence-corrected chi connectivity index (χ0v) is 18.1. The Morgan fingerprint density at radius 2 is 1.87 bits per heavy atom. The Morgan fingerprint density at radius 1 is 1.06 bits per heavy atom. The Labute approximate surface area is 190 Å². The van der Waals surface area contributed by atoms with Crippen molar-refractivity contribution >= 4 is 57.5 Å². The molecule has 156 valence electrons. The number of halogens is 3. The van der Waals surface area contributed by atoms with E-state index in [1.807, 2.05) is 0 Å². The van der Waals surface area contributed by atoms with Gasteiger partial charge < -0.3 is 5.32 Å². The van der Waals surface area contributed by atoms with E-state index in [0.29, 0.717) is 32.5 Å². The summed E-state index contributed by atoms with van der Waals surface area (Å²) in [7, 11) is 0. The van der Waals surface area contributed by atoms with Crippen LogP contribution in [0.15, 0.2) is 76.7 Å². The first-order chi connectivity index (χ1) is 14.9. The number of fused-ring (bicyclic) bond motifs is 1. The summed E-state index contributed by atoms with van der Waals surface area (Å²) in [6, 6.07) is 17.5. The third-order valence-electron chi connectivity index (χ3n) is 4.35. The quantitative estimate of drug-likeness (QED) is 0.304. The molecule has 0 aliphatic heterocycles. The van der Waals surface area contributed by atoms with Crippen LogP contribution >= 0.6 is 35.0 Å². The summed E-state index contributed by atoms with van der Waals surface area (Å²) < 4.78 is 14.6. The minimum Gasteiger partial charge on any atom is -0.324 e. The first-order valence-corrected chi connectivity index (χ1v) is 10.8. The van der Waals surface area contributed by atoms with Gasteiger partial charge >= 0.3 is 0 Å². The predicted molar refractivity (Wildman–Crippen MR) is 123 cm³/mol. The van der Waals surface area contributed by atoms with E-state index < -0.39 is 5.82 Å². The van der Waals surface area contributed by atoms with Gasteiger partial charge in [-0.3, -0.25) is 14.2 Å². The average Bonchev–Trinajstić information content (AvgIpc) is 2.74. The first-order valence-electron chi connectivity index (χ1n) is 9.08. The van der Waals surface area contributed by atoms with Gasteiger partial charge in [-0.1, -0.05) is 53.2 Å². The summed E-state index contributed by atoms with van der Waals surface area (Å²) >= 11 is 13.2. The largest absolute Gasteiger partial charge is 0.324 e. The maximum Gasteiger partial charge on any atom is 0.266 e. The van der Waals surface area contributed by atoms with E-state index in [-0.39, 0.29) is 22.2 Å². The van der Waals surface area contributed by atoms with E-state index in [1.54, 1.807) is 48.5 Å². The lowest BCUT2D eigenvalue weighted by Crippen LogP contribution is -2.23. The molecule has 1 heterocycles. The Kier molecular flexibility index (Phi) is 6.27. The number of para-hydroxylation sites is 1. The number of nitrogens with zero attached hydrogens (tertiary/aromatic N) is 2. The normalized spacial score (nSPS) is 10.9. The highest BCUT2D eigenvalue weighted by Gasteiger charge is 2.15. The van der Waals surface area contributed by atoms with Crippen molar-refractivity contribution in [1.82, 2.24) is 9.55 Å². The van der Waals surface area contributed by atoms with Crippen LogP contribution in [-0.2, 0) is 4.79 Å². The second kappa shape index (κ2) is 9.09. The molecule has 0 spiro atoms. The molecule has 4 rings (SSSR count). The number of hydrogen-bond donors (Lipinski definition) is 1. The molecule has 1 aromatic heterocycles. The highest BCUT2D eigenvalue weighted by atomic mass is 35.5. The van der Waals surface area contributed by atoms with Crippen molar-refractivity contribution in [2.75, 3.05) is 11.1 Å². The maximum atomic E-state index is 13.2. The van der Waals surface area contributed by atoms with Crippen molar-refractivity contribution in [3.63, 3.8) is 0 Å². The average molecular weight is 474 g/mol. The topological polar surface area (TPSA) is 64.0 Å². The predicted octanol–water partition coefficient (Wildman–Crippen LogP) is 5.56. The van der Waals surface area contributed by atoms with Crippen LogP contribution in [0.25, 0.3) is 16.6 Å². The van der Waals surface area contributed by atoms with Crippen LogP contribution in [0.5, 0.6) is 0 Å². The van der Waals surface area contributed by atoms with Gasteiger partial charge in [0.2, 0.25) is 5.91 Å². The molecular formula is C22H14Cl2FN3O2S. The Bertz CT molecular complexity index is 1360. The second-order valence-corrected chi connectivity index (χ2v) is 8.28. The molecular weight excluding hydrogens is 460 g/mol. The number of rotatable bonds is 5. The molecule has 0 saturated carbocycles. The molecule has 0 saturated heterocycles. The van der Waals surface area contributed by atoms with Crippen LogP contribution in [0.4, 0.5) is 10.1 Å². The van der Waals surface area contributed by atoms with Crippen LogP contribution < -0.4 is 10.9 Å². The van der Waals surface area contributed by atoms with Gasteiger partial charge in [0.05, 0.1) is 33.1 Å². The third-order valence-corrected chi connectivity index (χ3v) is 5.84. The van der Waals surface area contributed by atoms with E-state index in [9.17, 15) is 14.0 Å². The smallest absolute Gasteiger partial charge is 0.266 e. The number of anilines is 1. The summed E-state index contributed by atoms with van der Waals surface area (Å²) in [5.41, 5.74) is 1.10. The summed E-state index contributed by atoms with van der Waals surface area (Å²) in [6.45, 7) is 0. The number of aromatic nitrogens is 2. The van der Waals surface area contributed by atoms with Crippen molar-refractivity contribution in [3.8, 4) is 5.69 Å². The monoisotopic (exact) mass is 473 g/mol. The van der Waals surface area contributed by atoms with Crippen LogP contribution in [0, 0.1) is 5.82 Å². The van der Waals surface area contributed by atoms with Crippen LogP contribution in [-0.4, -0.2) is 21.2 Å². The van der Waals surface area contributed by atoms with Gasteiger partial charge in [0.15, 0.2) is 5.16 Å². The molecule has 4 aromatic rings. The number of benzene rings is 3. The molecule has 5 nitrogen and oxygen atoms in total. The fourth-order valence-corrected chi connectivity index (χ4v) is 4.17. The lowest BCUT2D eigenvalue weighted by atomic mass is 10.2. The van der Waals surface area contributed by atoms with Gasteiger partial charge in [-0.2, -0.15) is 0 Å². The van der Waals surface area contributed by atoms with Crippen LogP contribution in [0.3, 0.4) is 0 Å². The molecule has 0 atom stereocenters. The van der Waals surface area contributed by atoms with Crippen molar-refractivity contribution in [1.29, 1.82) is 0 Å². The van der Waals surface area contributed by atoms with E-state index in [2.05, 4.69) is 10.3 Å². The number of amides is 1. The molecule has 0 fully saturated rings. The van der Waals surface area contributed by atoms with Gasteiger partial charge in [0, 0.05) is 5.02 Å². The maximum absolute atomic E-state index is 13.2. The standard InChI is InChI=1S/C22H14Cl2FN3O2S/c23-13-4-3-5-15(10-13)28-21(30)16-6-1-2-7-18(16)27-22(28)31-12-20(29)26-19-9-8-14(25)11-17(19)24/h1-11H,12H2,(H,26,29). The van der Waals surface area contributed by atoms with E-state index in [1.165, 1.54) is 16.7 Å². The minimum absolute atomic E-state index is 0.0426. The molecule has 3 aromatic carbocycles. The van der Waals surface area contributed by atoms with E-state index in [4.69, 9.17) is 23.2 Å². The second-order valence-electron chi connectivity index (χ2n) is 6.49. The molecule has 0 radical (unpaired) electrons. The Hall–Kier alpha value is -2.87. The Balaban J connectivity index is 1.67. The van der Waals surface area contributed by atoms with Crippen LogP contribution in [0.2, 0.25) is 10.0 Å². The van der Waals surface area contributed by atoms with Crippen molar-refractivity contribution < 1.29 is 9.18 Å². The lowest BCUT2D eigenvalue weighted by molar-refractivity contribution is -0.113. The fourth-order valence-electron chi connectivity index (χ4n) is 2.96. The number of nitrogens with one attached hydrogen (secondary N) is 1. The van der Waals surface area contributed by atoms with Crippen LogP contribution in [0.1, 0.15) is 0 Å². The summed E-state index contributed by atoms with van der Waals surface area (Å²) in [6.07, 6.45) is 0.